The van der Waals surface area contributed by atoms with Crippen molar-refractivity contribution in [3.05, 3.63) is 45.4 Å². The van der Waals surface area contributed by atoms with Gasteiger partial charge < -0.3 is 8.83 Å². The average Bonchev–Trinajstić information content (AvgIpc) is 3.22. The number of nitrogens with zero attached hydrogens (tertiary/aromatic N) is 2. The van der Waals surface area contributed by atoms with Crippen LogP contribution in [0.4, 0.5) is 0 Å². The maximum absolute atomic E-state index is 5.18. The molecule has 1 unspecified atom stereocenters. The van der Waals surface area contributed by atoms with Crippen molar-refractivity contribution < 1.29 is 8.83 Å². The summed E-state index contributed by atoms with van der Waals surface area (Å²) in [4.78, 5) is 0.663. The highest BCUT2D eigenvalue weighted by Crippen LogP contribution is 2.18. The molecule has 0 aliphatic heterocycles. The summed E-state index contributed by atoms with van der Waals surface area (Å²) < 4.78 is 10.3. The van der Waals surface area contributed by atoms with E-state index < -0.39 is 0 Å². The van der Waals surface area contributed by atoms with E-state index in [0.29, 0.717) is 27.4 Å². The third kappa shape index (κ3) is 6.26. The second-order valence-electron chi connectivity index (χ2n) is 5.42. The van der Waals surface area contributed by atoms with Gasteiger partial charge in [0.05, 0.1) is 0 Å². The molecule has 2 N–H and O–H groups in total. The molecule has 0 spiro atoms. The number of hydrogen-bond acceptors (Lipinski definition) is 7. The number of aryl methyl sites for hydroxylation is 1. The zero-order valence-electron chi connectivity index (χ0n) is 14.2. The molecule has 0 saturated heterocycles. The number of rotatable bonds is 5. The summed E-state index contributed by atoms with van der Waals surface area (Å²) in [6.45, 7) is 4.12. The van der Waals surface area contributed by atoms with Crippen LogP contribution in [0.3, 0.4) is 0 Å². The minimum Gasteiger partial charge on any atom is -0.414 e. The van der Waals surface area contributed by atoms with Crippen molar-refractivity contribution in [3.8, 4) is 11.5 Å². The van der Waals surface area contributed by atoms with Gasteiger partial charge in [0.25, 0.3) is 9.67 Å². The molecular formula is C16H20N4O2S3. The van der Waals surface area contributed by atoms with Crippen molar-refractivity contribution in [1.29, 1.82) is 0 Å². The topological polar surface area (TPSA) is 83.6 Å². The Morgan fingerprint density at radius 2 is 1.72 bits per heavy atom. The van der Waals surface area contributed by atoms with Crippen LogP contribution < -0.4 is 0 Å². The first-order valence-corrected chi connectivity index (χ1v) is 9.87. The Balaban J connectivity index is 0.000000181. The first kappa shape index (κ1) is 19.6. The van der Waals surface area contributed by atoms with Crippen LogP contribution in [-0.2, 0) is 0 Å². The molecule has 3 rings (SSSR count). The van der Waals surface area contributed by atoms with Gasteiger partial charge in [-0.3, -0.25) is 0 Å². The van der Waals surface area contributed by atoms with E-state index in [1.165, 1.54) is 5.56 Å². The predicted octanol–water partition coefficient (Wildman–Crippen LogP) is 5.30. The van der Waals surface area contributed by atoms with Gasteiger partial charge in [0, 0.05) is 11.5 Å². The van der Waals surface area contributed by atoms with Crippen LogP contribution in [-0.4, -0.2) is 32.4 Å². The zero-order chi connectivity index (χ0) is 18.2. The van der Waals surface area contributed by atoms with Crippen molar-refractivity contribution in [2.45, 2.75) is 26.2 Å². The molecule has 0 aliphatic carbocycles. The minimum atomic E-state index is 0.301. The summed E-state index contributed by atoms with van der Waals surface area (Å²) in [5, 5.41) is 13.1. The van der Waals surface area contributed by atoms with Gasteiger partial charge in [-0.2, -0.15) is 11.8 Å². The minimum absolute atomic E-state index is 0.301. The molecule has 25 heavy (non-hydrogen) atoms. The molecule has 3 aromatic rings. The second-order valence-corrected chi connectivity index (χ2v) is 7.15. The van der Waals surface area contributed by atoms with E-state index >= 15 is 0 Å². The lowest BCUT2D eigenvalue weighted by Gasteiger charge is -2.03. The summed E-state index contributed by atoms with van der Waals surface area (Å²) in [5.74, 6) is 2.72. The molecule has 0 fully saturated rings. The molecule has 0 radical (unpaired) electrons. The summed E-state index contributed by atoms with van der Waals surface area (Å²) in [7, 11) is 0. The fourth-order valence-corrected chi connectivity index (χ4v) is 2.76. The molecule has 0 aliphatic rings. The van der Waals surface area contributed by atoms with Crippen molar-refractivity contribution in [1.82, 2.24) is 20.4 Å². The first-order chi connectivity index (χ1) is 12.0. The monoisotopic (exact) mass is 396 g/mol. The fourth-order valence-electron chi connectivity index (χ4n) is 1.92. The Morgan fingerprint density at radius 3 is 2.24 bits per heavy atom. The van der Waals surface area contributed by atoms with E-state index in [-0.39, 0.29) is 0 Å². The molecule has 0 saturated carbocycles. The molecule has 6 nitrogen and oxygen atoms in total. The quantitative estimate of drug-likeness (QED) is 0.566. The summed E-state index contributed by atoms with van der Waals surface area (Å²) in [5.41, 5.74) is 2.14. The SMILES string of the molecule is CSCCC(C)c1n[nH]c(=S)o1.Cc1ccc(-c2n[nH]c(=S)o2)cc1. The zero-order valence-corrected chi connectivity index (χ0v) is 16.7. The van der Waals surface area contributed by atoms with Gasteiger partial charge in [0.1, 0.15) is 0 Å². The van der Waals surface area contributed by atoms with Gasteiger partial charge in [0.15, 0.2) is 0 Å². The molecule has 1 aromatic carbocycles. The van der Waals surface area contributed by atoms with Gasteiger partial charge >= 0.3 is 0 Å². The molecule has 9 heteroatoms. The van der Waals surface area contributed by atoms with E-state index in [9.17, 15) is 0 Å². The van der Waals surface area contributed by atoms with E-state index in [2.05, 4.69) is 33.6 Å². The van der Waals surface area contributed by atoms with E-state index in [1.807, 2.05) is 43.0 Å². The standard InChI is InChI=1S/C9H8N2OS.C7H12N2OS2/c1-6-2-4-7(5-3-6)8-10-11-9(13)12-8;1-5(3-4-12-2)6-8-9-7(11)10-6/h2-5H,1H3,(H,11,13);5H,3-4H2,1-2H3,(H,9,11). The van der Waals surface area contributed by atoms with Crippen molar-refractivity contribution in [3.63, 3.8) is 0 Å². The summed E-state index contributed by atoms with van der Waals surface area (Å²) >= 11 is 11.4. The lowest BCUT2D eigenvalue weighted by molar-refractivity contribution is 0.444. The summed E-state index contributed by atoms with van der Waals surface area (Å²) in [6, 6.07) is 7.90. The van der Waals surface area contributed by atoms with Crippen LogP contribution in [0.1, 0.15) is 30.7 Å². The van der Waals surface area contributed by atoms with Gasteiger partial charge in [-0.25, -0.2) is 10.2 Å². The highest BCUT2D eigenvalue weighted by molar-refractivity contribution is 7.98. The molecule has 0 amide bonds. The maximum Gasteiger partial charge on any atom is 0.284 e. The van der Waals surface area contributed by atoms with Crippen molar-refractivity contribution >= 4 is 36.2 Å². The third-order valence-corrected chi connectivity index (χ3v) is 4.36. The molecule has 1 atom stereocenters. The second kappa shape index (κ2) is 9.69. The van der Waals surface area contributed by atoms with Gasteiger partial charge in [-0.15, -0.1) is 10.2 Å². The Morgan fingerprint density at radius 1 is 1.08 bits per heavy atom. The molecule has 134 valence electrons. The first-order valence-electron chi connectivity index (χ1n) is 7.66. The number of hydrogen-bond donors (Lipinski definition) is 2. The number of nitrogens with one attached hydrogen (secondary N) is 2. The molecular weight excluding hydrogens is 376 g/mol. The Hall–Kier alpha value is -1.71. The van der Waals surface area contributed by atoms with E-state index in [1.54, 1.807) is 0 Å². The van der Waals surface area contributed by atoms with Crippen LogP contribution in [0.25, 0.3) is 11.5 Å². The maximum atomic E-state index is 5.18. The lowest BCUT2D eigenvalue weighted by atomic mass is 10.1. The molecule has 2 heterocycles. The number of H-pyrrole nitrogens is 2. The van der Waals surface area contributed by atoms with Crippen LogP contribution in [0.15, 0.2) is 33.1 Å². The van der Waals surface area contributed by atoms with Crippen LogP contribution >= 0.6 is 36.2 Å². The Labute approximate surface area is 160 Å². The fraction of sp³-hybridized carbons (Fsp3) is 0.375. The number of thioether (sulfide) groups is 1. The smallest absolute Gasteiger partial charge is 0.284 e. The van der Waals surface area contributed by atoms with Gasteiger partial charge in [0.2, 0.25) is 11.8 Å². The van der Waals surface area contributed by atoms with Crippen LogP contribution in [0, 0.1) is 16.6 Å². The van der Waals surface area contributed by atoms with E-state index in [4.69, 9.17) is 33.3 Å². The normalized spacial score (nSPS) is 11.6. The van der Waals surface area contributed by atoms with Crippen molar-refractivity contribution in [2.24, 2.45) is 0 Å². The lowest BCUT2D eigenvalue weighted by Crippen LogP contribution is -1.95. The third-order valence-electron chi connectivity index (χ3n) is 3.37. The number of aromatic nitrogens is 4. The highest BCUT2D eigenvalue weighted by Gasteiger charge is 2.09. The van der Waals surface area contributed by atoms with Crippen LogP contribution in [0.5, 0.6) is 0 Å². The Bertz CT molecular complexity index is 879. The summed E-state index contributed by atoms with van der Waals surface area (Å²) in [6.07, 6.45) is 3.16. The number of aromatic amines is 2. The predicted molar refractivity (Wildman–Crippen MR) is 105 cm³/mol. The Kier molecular flexibility index (Phi) is 7.60. The molecule has 2 aromatic heterocycles. The number of benzene rings is 1. The van der Waals surface area contributed by atoms with Crippen molar-refractivity contribution in [2.75, 3.05) is 12.0 Å². The van der Waals surface area contributed by atoms with Crippen LogP contribution in [0.2, 0.25) is 0 Å². The van der Waals surface area contributed by atoms with Gasteiger partial charge in [-0.05, 0) is 61.9 Å². The molecule has 0 bridgehead atoms. The highest BCUT2D eigenvalue weighted by atomic mass is 32.2. The average molecular weight is 397 g/mol. The van der Waals surface area contributed by atoms with Gasteiger partial charge in [-0.1, -0.05) is 24.6 Å². The van der Waals surface area contributed by atoms with E-state index in [0.717, 1.165) is 17.7 Å². The largest absolute Gasteiger partial charge is 0.414 e.